The number of aliphatic hydroxyl groups is 1. The van der Waals surface area contributed by atoms with Gasteiger partial charge in [0.25, 0.3) is 0 Å². The number of benzene rings is 1. The van der Waals surface area contributed by atoms with E-state index in [4.69, 9.17) is 5.11 Å². The van der Waals surface area contributed by atoms with Gasteiger partial charge in [-0.1, -0.05) is 36.4 Å². The Labute approximate surface area is 76.8 Å². The molecule has 1 N–H and O–H groups in total. The van der Waals surface area contributed by atoms with Crippen molar-refractivity contribution < 1.29 is 9.50 Å². The van der Waals surface area contributed by atoms with Crippen LogP contribution in [0.25, 0.3) is 6.08 Å². The number of halogens is 1. The van der Waals surface area contributed by atoms with E-state index in [0.717, 1.165) is 5.56 Å². The Kier molecular flexibility index (Phi) is 3.93. The van der Waals surface area contributed by atoms with Gasteiger partial charge in [0, 0.05) is 0 Å². The van der Waals surface area contributed by atoms with Gasteiger partial charge in [-0.3, -0.25) is 0 Å². The SMILES string of the molecule is OC/C=C/C=C/c1ccc(F)cc1. The van der Waals surface area contributed by atoms with E-state index in [0.29, 0.717) is 0 Å². The minimum absolute atomic E-state index is 0.0355. The van der Waals surface area contributed by atoms with Crippen LogP contribution in [-0.2, 0) is 0 Å². The van der Waals surface area contributed by atoms with Crippen LogP contribution in [0.15, 0.2) is 42.5 Å². The molecule has 0 aromatic heterocycles. The largest absolute Gasteiger partial charge is 0.392 e. The van der Waals surface area contributed by atoms with Crippen LogP contribution in [0, 0.1) is 5.82 Å². The molecule has 0 aliphatic carbocycles. The summed E-state index contributed by atoms with van der Waals surface area (Å²) in [6.45, 7) is 0.0355. The van der Waals surface area contributed by atoms with Crippen molar-refractivity contribution in [2.75, 3.05) is 6.61 Å². The van der Waals surface area contributed by atoms with Crippen molar-refractivity contribution in [2.24, 2.45) is 0 Å². The number of allylic oxidation sites excluding steroid dienone is 2. The summed E-state index contributed by atoms with van der Waals surface area (Å²) in [6, 6.07) is 6.21. The Balaban J connectivity index is 2.59. The lowest BCUT2D eigenvalue weighted by Crippen LogP contribution is -1.73. The first kappa shape index (κ1) is 9.68. The Morgan fingerprint density at radius 2 is 1.85 bits per heavy atom. The molecule has 13 heavy (non-hydrogen) atoms. The third-order valence-corrected chi connectivity index (χ3v) is 1.51. The molecule has 0 bridgehead atoms. The smallest absolute Gasteiger partial charge is 0.123 e. The van der Waals surface area contributed by atoms with Crippen molar-refractivity contribution in [3.63, 3.8) is 0 Å². The molecule has 0 unspecified atom stereocenters. The maximum atomic E-state index is 12.5. The second-order valence-corrected chi connectivity index (χ2v) is 2.52. The van der Waals surface area contributed by atoms with Gasteiger partial charge in [0.2, 0.25) is 0 Å². The van der Waals surface area contributed by atoms with E-state index in [1.54, 1.807) is 30.4 Å². The van der Waals surface area contributed by atoms with Gasteiger partial charge >= 0.3 is 0 Å². The average molecular weight is 178 g/mol. The Morgan fingerprint density at radius 1 is 1.15 bits per heavy atom. The highest BCUT2D eigenvalue weighted by atomic mass is 19.1. The van der Waals surface area contributed by atoms with Gasteiger partial charge in [-0.25, -0.2) is 4.39 Å². The zero-order chi connectivity index (χ0) is 9.52. The topological polar surface area (TPSA) is 20.2 Å². The first-order valence-electron chi connectivity index (χ1n) is 4.02. The summed E-state index contributed by atoms with van der Waals surface area (Å²) in [5.74, 6) is -0.233. The van der Waals surface area contributed by atoms with Crippen molar-refractivity contribution in [1.29, 1.82) is 0 Å². The molecule has 1 aromatic carbocycles. The molecule has 0 saturated carbocycles. The number of aliphatic hydroxyl groups excluding tert-OH is 1. The zero-order valence-electron chi connectivity index (χ0n) is 7.15. The first-order valence-corrected chi connectivity index (χ1v) is 4.02. The lowest BCUT2D eigenvalue weighted by Gasteiger charge is -1.90. The summed E-state index contributed by atoms with van der Waals surface area (Å²) in [6.07, 6.45) is 7.00. The maximum Gasteiger partial charge on any atom is 0.123 e. The van der Waals surface area contributed by atoms with Crippen LogP contribution in [0.5, 0.6) is 0 Å². The third-order valence-electron chi connectivity index (χ3n) is 1.51. The molecular weight excluding hydrogens is 167 g/mol. The van der Waals surface area contributed by atoms with E-state index in [9.17, 15) is 4.39 Å². The Bertz CT molecular complexity index is 298. The summed E-state index contributed by atoms with van der Waals surface area (Å²) < 4.78 is 12.5. The van der Waals surface area contributed by atoms with Crippen molar-refractivity contribution in [3.8, 4) is 0 Å². The fourth-order valence-electron chi connectivity index (χ4n) is 0.880. The van der Waals surface area contributed by atoms with Gasteiger partial charge in [-0.05, 0) is 17.7 Å². The molecule has 0 aliphatic rings. The Morgan fingerprint density at radius 3 is 2.46 bits per heavy atom. The van der Waals surface area contributed by atoms with E-state index < -0.39 is 0 Å². The molecule has 0 amide bonds. The van der Waals surface area contributed by atoms with Crippen LogP contribution >= 0.6 is 0 Å². The summed E-state index contributed by atoms with van der Waals surface area (Å²) in [4.78, 5) is 0. The van der Waals surface area contributed by atoms with Gasteiger partial charge in [-0.15, -0.1) is 0 Å². The molecule has 1 rings (SSSR count). The van der Waals surface area contributed by atoms with Crippen LogP contribution in [0.3, 0.4) is 0 Å². The highest BCUT2D eigenvalue weighted by molar-refractivity contribution is 5.50. The van der Waals surface area contributed by atoms with Crippen LogP contribution in [0.4, 0.5) is 4.39 Å². The van der Waals surface area contributed by atoms with Gasteiger partial charge in [0.05, 0.1) is 6.61 Å². The van der Waals surface area contributed by atoms with E-state index in [-0.39, 0.29) is 12.4 Å². The van der Waals surface area contributed by atoms with Crippen LogP contribution in [0.1, 0.15) is 5.56 Å². The highest BCUT2D eigenvalue weighted by Gasteiger charge is 1.86. The van der Waals surface area contributed by atoms with Crippen LogP contribution < -0.4 is 0 Å². The van der Waals surface area contributed by atoms with Gasteiger partial charge < -0.3 is 5.11 Å². The molecular formula is C11H11FO. The molecule has 68 valence electrons. The second kappa shape index (κ2) is 5.27. The minimum Gasteiger partial charge on any atom is -0.392 e. The maximum absolute atomic E-state index is 12.5. The Hall–Kier alpha value is -1.41. The predicted molar refractivity (Wildman–Crippen MR) is 51.7 cm³/mol. The summed E-state index contributed by atoms with van der Waals surface area (Å²) in [5, 5.41) is 8.43. The van der Waals surface area contributed by atoms with Crippen LogP contribution in [-0.4, -0.2) is 11.7 Å². The number of hydrogen-bond acceptors (Lipinski definition) is 1. The molecule has 2 heteroatoms. The predicted octanol–water partition coefficient (Wildman–Crippen LogP) is 2.39. The minimum atomic E-state index is -0.233. The van der Waals surface area contributed by atoms with Crippen molar-refractivity contribution in [1.82, 2.24) is 0 Å². The highest BCUT2D eigenvalue weighted by Crippen LogP contribution is 2.04. The lowest BCUT2D eigenvalue weighted by atomic mass is 10.2. The van der Waals surface area contributed by atoms with E-state index in [2.05, 4.69) is 0 Å². The average Bonchev–Trinajstić information content (AvgIpc) is 2.15. The molecule has 0 saturated heterocycles. The number of hydrogen-bond donors (Lipinski definition) is 1. The quantitative estimate of drug-likeness (QED) is 0.704. The standard InChI is InChI=1S/C11H11FO/c12-11-7-5-10(6-8-11)4-2-1-3-9-13/h1-8,13H,9H2/b3-1+,4-2+. The van der Waals surface area contributed by atoms with Crippen LogP contribution in [0.2, 0.25) is 0 Å². The molecule has 0 aliphatic heterocycles. The van der Waals surface area contributed by atoms with Gasteiger partial charge in [-0.2, -0.15) is 0 Å². The fraction of sp³-hybridized carbons (Fsp3) is 0.0909. The molecule has 0 spiro atoms. The third kappa shape index (κ3) is 3.67. The van der Waals surface area contributed by atoms with Crippen molar-refractivity contribution >= 4 is 6.08 Å². The van der Waals surface area contributed by atoms with E-state index in [1.807, 2.05) is 6.08 Å². The zero-order valence-corrected chi connectivity index (χ0v) is 7.15. The second-order valence-electron chi connectivity index (χ2n) is 2.52. The normalized spacial score (nSPS) is 11.5. The lowest BCUT2D eigenvalue weighted by molar-refractivity contribution is 0.343. The number of rotatable bonds is 3. The molecule has 1 aromatic rings. The first-order chi connectivity index (χ1) is 6.33. The van der Waals surface area contributed by atoms with E-state index in [1.165, 1.54) is 12.1 Å². The van der Waals surface area contributed by atoms with Gasteiger partial charge in [0.15, 0.2) is 0 Å². The molecule has 0 radical (unpaired) electrons. The summed E-state index contributed by atoms with van der Waals surface area (Å²) in [5.41, 5.74) is 0.934. The molecule has 0 atom stereocenters. The fourth-order valence-corrected chi connectivity index (χ4v) is 0.880. The monoisotopic (exact) mass is 178 g/mol. The van der Waals surface area contributed by atoms with Crippen molar-refractivity contribution in [3.05, 3.63) is 53.9 Å². The summed E-state index contributed by atoms with van der Waals surface area (Å²) >= 11 is 0. The molecule has 0 fully saturated rings. The van der Waals surface area contributed by atoms with E-state index >= 15 is 0 Å². The molecule has 1 nitrogen and oxygen atoms in total. The summed E-state index contributed by atoms with van der Waals surface area (Å²) in [7, 11) is 0. The molecule has 0 heterocycles. The van der Waals surface area contributed by atoms with Crippen molar-refractivity contribution in [2.45, 2.75) is 0 Å². The van der Waals surface area contributed by atoms with Gasteiger partial charge in [0.1, 0.15) is 5.82 Å².